The van der Waals surface area contributed by atoms with Crippen LogP contribution in [0.5, 0.6) is 0 Å². The summed E-state index contributed by atoms with van der Waals surface area (Å²) in [6.45, 7) is 2.81. The summed E-state index contributed by atoms with van der Waals surface area (Å²) >= 11 is 0. The first kappa shape index (κ1) is 13.3. The maximum Gasteiger partial charge on any atom is 0.328 e. The van der Waals surface area contributed by atoms with Gasteiger partial charge in [0.25, 0.3) is 5.69 Å². The fourth-order valence-electron chi connectivity index (χ4n) is 2.18. The van der Waals surface area contributed by atoms with Crippen molar-refractivity contribution in [2.24, 2.45) is 0 Å². The molecule has 0 bridgehead atoms. The summed E-state index contributed by atoms with van der Waals surface area (Å²) in [5.74, 6) is 0.307. The van der Waals surface area contributed by atoms with Crippen LogP contribution >= 0.6 is 0 Å². The third kappa shape index (κ3) is 2.81. The van der Waals surface area contributed by atoms with E-state index in [4.69, 9.17) is 4.74 Å². The summed E-state index contributed by atoms with van der Waals surface area (Å²) in [5, 5.41) is 10.6. The molecule has 0 N–H and O–H groups in total. The molecule has 1 aliphatic heterocycles. The van der Waals surface area contributed by atoms with Crippen molar-refractivity contribution in [3.63, 3.8) is 0 Å². The topological polar surface area (TPSA) is 85.6 Å². The number of carbonyl (C=O) groups is 1. The second-order valence-corrected chi connectivity index (χ2v) is 4.24. The highest BCUT2D eigenvalue weighted by Crippen LogP contribution is 2.25. The largest absolute Gasteiger partial charge is 0.464 e. The van der Waals surface area contributed by atoms with Crippen LogP contribution < -0.4 is 4.90 Å². The van der Waals surface area contributed by atoms with Crippen LogP contribution in [0.15, 0.2) is 18.3 Å². The number of nitrogens with zero attached hydrogens (tertiary/aromatic N) is 3. The number of carbonyl (C=O) groups excluding carboxylic acids is 1. The lowest BCUT2D eigenvalue weighted by Crippen LogP contribution is -2.37. The Kier molecular flexibility index (Phi) is 3.94. The lowest BCUT2D eigenvalue weighted by Gasteiger charge is -2.23. The van der Waals surface area contributed by atoms with Gasteiger partial charge in [0.1, 0.15) is 18.1 Å². The Bertz CT molecular complexity index is 474. The molecule has 2 rings (SSSR count). The molecule has 1 aliphatic rings. The molecular weight excluding hydrogens is 250 g/mol. The monoisotopic (exact) mass is 265 g/mol. The first-order valence-corrected chi connectivity index (χ1v) is 6.17. The van der Waals surface area contributed by atoms with E-state index in [9.17, 15) is 14.9 Å². The highest BCUT2D eigenvalue weighted by molar-refractivity contribution is 5.80. The summed E-state index contributed by atoms with van der Waals surface area (Å²) in [4.78, 5) is 27.8. The van der Waals surface area contributed by atoms with E-state index in [1.165, 1.54) is 12.3 Å². The zero-order valence-corrected chi connectivity index (χ0v) is 10.6. The molecule has 102 valence electrons. The third-order valence-corrected chi connectivity index (χ3v) is 3.05. The summed E-state index contributed by atoms with van der Waals surface area (Å²) in [7, 11) is 0. The molecule has 1 saturated heterocycles. The standard InChI is InChI=1S/C12H15N3O4/c1-2-19-12(16)10-4-3-7-14(10)11-6-5-9(8-13-11)15(17)18/h5-6,8,10H,2-4,7H2,1H3. The predicted octanol–water partition coefficient (Wildman–Crippen LogP) is 1.52. The van der Waals surface area contributed by atoms with E-state index in [2.05, 4.69) is 4.98 Å². The summed E-state index contributed by atoms with van der Waals surface area (Å²) in [5.41, 5.74) is -0.0596. The fraction of sp³-hybridized carbons (Fsp3) is 0.500. The maximum atomic E-state index is 11.8. The molecule has 1 fully saturated rings. The lowest BCUT2D eigenvalue weighted by atomic mass is 10.2. The van der Waals surface area contributed by atoms with E-state index in [0.29, 0.717) is 19.0 Å². The van der Waals surface area contributed by atoms with E-state index >= 15 is 0 Å². The minimum absolute atomic E-state index is 0.0596. The predicted molar refractivity (Wildman–Crippen MR) is 67.9 cm³/mol. The van der Waals surface area contributed by atoms with Gasteiger partial charge in [0.15, 0.2) is 0 Å². The third-order valence-electron chi connectivity index (χ3n) is 3.05. The minimum Gasteiger partial charge on any atom is -0.464 e. The number of aromatic nitrogens is 1. The van der Waals surface area contributed by atoms with Gasteiger partial charge in [0.05, 0.1) is 11.5 Å². The molecular formula is C12H15N3O4. The van der Waals surface area contributed by atoms with Gasteiger partial charge in [0.2, 0.25) is 0 Å². The second-order valence-electron chi connectivity index (χ2n) is 4.24. The number of esters is 1. The molecule has 0 saturated carbocycles. The van der Waals surface area contributed by atoms with Crippen LogP contribution in [0.3, 0.4) is 0 Å². The fourth-order valence-corrected chi connectivity index (χ4v) is 2.18. The molecule has 0 aliphatic carbocycles. The minimum atomic E-state index is -0.496. The SMILES string of the molecule is CCOC(=O)C1CCCN1c1ccc([N+](=O)[O-])cn1. The Morgan fingerprint density at radius 2 is 2.42 bits per heavy atom. The van der Waals surface area contributed by atoms with Crippen LogP contribution in [0.2, 0.25) is 0 Å². The quantitative estimate of drug-likeness (QED) is 0.466. The van der Waals surface area contributed by atoms with Gasteiger partial charge < -0.3 is 9.64 Å². The number of hydrogen-bond donors (Lipinski definition) is 0. The molecule has 0 radical (unpaired) electrons. The Labute approximate surface area is 110 Å². The Morgan fingerprint density at radius 1 is 1.63 bits per heavy atom. The van der Waals surface area contributed by atoms with Crippen LogP contribution in [0.1, 0.15) is 19.8 Å². The van der Waals surface area contributed by atoms with Gasteiger partial charge in [-0.25, -0.2) is 9.78 Å². The molecule has 0 spiro atoms. The van der Waals surface area contributed by atoms with Gasteiger partial charge in [-0.2, -0.15) is 0 Å². The zero-order valence-electron chi connectivity index (χ0n) is 10.6. The second kappa shape index (κ2) is 5.64. The van der Waals surface area contributed by atoms with E-state index in [1.807, 2.05) is 4.90 Å². The van der Waals surface area contributed by atoms with Gasteiger partial charge in [-0.15, -0.1) is 0 Å². The van der Waals surface area contributed by atoms with Gasteiger partial charge in [-0.1, -0.05) is 0 Å². The van der Waals surface area contributed by atoms with Crippen LogP contribution in [-0.4, -0.2) is 35.1 Å². The summed E-state index contributed by atoms with van der Waals surface area (Å²) in [6, 6.07) is 2.62. The van der Waals surface area contributed by atoms with E-state index in [0.717, 1.165) is 12.8 Å². The molecule has 1 aromatic rings. The van der Waals surface area contributed by atoms with Crippen molar-refractivity contribution in [3.8, 4) is 0 Å². The maximum absolute atomic E-state index is 11.8. The van der Waals surface area contributed by atoms with Crippen molar-refractivity contribution < 1.29 is 14.5 Å². The van der Waals surface area contributed by atoms with Gasteiger partial charge in [-0.05, 0) is 25.8 Å². The average Bonchev–Trinajstić information content (AvgIpc) is 2.88. The first-order valence-electron chi connectivity index (χ1n) is 6.17. The van der Waals surface area contributed by atoms with Crippen LogP contribution in [-0.2, 0) is 9.53 Å². The first-order chi connectivity index (χ1) is 9.13. The van der Waals surface area contributed by atoms with Crippen molar-refractivity contribution >= 4 is 17.5 Å². The van der Waals surface area contributed by atoms with Gasteiger partial charge in [-0.3, -0.25) is 10.1 Å². The molecule has 19 heavy (non-hydrogen) atoms. The molecule has 0 aromatic carbocycles. The number of hydrogen-bond acceptors (Lipinski definition) is 6. The van der Waals surface area contributed by atoms with Gasteiger partial charge >= 0.3 is 5.97 Å². The summed E-state index contributed by atoms with van der Waals surface area (Å²) < 4.78 is 5.02. The highest BCUT2D eigenvalue weighted by Gasteiger charge is 2.32. The summed E-state index contributed by atoms with van der Waals surface area (Å²) in [6.07, 6.45) is 2.80. The molecule has 1 atom stereocenters. The molecule has 1 unspecified atom stereocenters. The molecule has 7 heteroatoms. The van der Waals surface area contributed by atoms with Crippen molar-refractivity contribution in [2.45, 2.75) is 25.8 Å². The molecule has 7 nitrogen and oxygen atoms in total. The number of nitro groups is 1. The normalized spacial score (nSPS) is 18.4. The Balaban J connectivity index is 2.15. The lowest BCUT2D eigenvalue weighted by molar-refractivity contribution is -0.385. The van der Waals surface area contributed by atoms with Crippen LogP contribution in [0.4, 0.5) is 11.5 Å². The number of ether oxygens (including phenoxy) is 1. The van der Waals surface area contributed by atoms with E-state index < -0.39 is 4.92 Å². The molecule has 0 amide bonds. The van der Waals surface area contributed by atoms with Crippen LogP contribution in [0.25, 0.3) is 0 Å². The molecule has 2 heterocycles. The van der Waals surface area contributed by atoms with Crippen molar-refractivity contribution in [3.05, 3.63) is 28.4 Å². The molecule has 1 aromatic heterocycles. The zero-order chi connectivity index (χ0) is 13.8. The number of pyridine rings is 1. The van der Waals surface area contributed by atoms with Crippen LogP contribution in [0, 0.1) is 10.1 Å². The van der Waals surface area contributed by atoms with E-state index in [-0.39, 0.29) is 17.7 Å². The Hall–Kier alpha value is -2.18. The van der Waals surface area contributed by atoms with Gasteiger partial charge in [0, 0.05) is 12.6 Å². The average molecular weight is 265 g/mol. The number of anilines is 1. The highest BCUT2D eigenvalue weighted by atomic mass is 16.6. The number of rotatable bonds is 4. The van der Waals surface area contributed by atoms with Crippen molar-refractivity contribution in [1.82, 2.24) is 4.98 Å². The Morgan fingerprint density at radius 3 is 3.00 bits per heavy atom. The van der Waals surface area contributed by atoms with E-state index in [1.54, 1.807) is 13.0 Å². The smallest absolute Gasteiger partial charge is 0.328 e. The van der Waals surface area contributed by atoms with Crippen molar-refractivity contribution in [1.29, 1.82) is 0 Å². The van der Waals surface area contributed by atoms with Crippen molar-refractivity contribution in [2.75, 3.05) is 18.1 Å².